The molecule has 2 aromatic carbocycles. The van der Waals surface area contributed by atoms with Crippen LogP contribution in [0.25, 0.3) is 0 Å². The third-order valence-electron chi connectivity index (χ3n) is 8.61. The Morgan fingerprint density at radius 2 is 0.769 bits per heavy atom. The standard InChI is InChI=1S/C33H56N4P2/c1-9-34(10-2)38(35(11-3)12-4)32-26-19-17-22-30(32)28-24-21-25-29(28)31-23-18-20-27-33(31)39(36(13-5)14-6)37(15-7)16-8/h17-20,22-23,26-29H,9-16,21,24-25H2,1-8H3/t28-,29+. The molecule has 0 saturated heterocycles. The molecule has 218 valence electrons. The molecule has 1 aliphatic rings. The molecule has 2 atom stereocenters. The van der Waals surface area contributed by atoms with Gasteiger partial charge in [0.15, 0.2) is 0 Å². The molecule has 1 saturated carbocycles. The van der Waals surface area contributed by atoms with E-state index in [1.54, 1.807) is 21.7 Å². The van der Waals surface area contributed by atoms with Crippen LogP contribution in [-0.2, 0) is 0 Å². The highest BCUT2D eigenvalue weighted by Gasteiger charge is 2.37. The molecule has 0 radical (unpaired) electrons. The molecule has 0 N–H and O–H groups in total. The maximum atomic E-state index is 2.72. The molecule has 3 rings (SSSR count). The topological polar surface area (TPSA) is 13.0 Å². The molecule has 1 fully saturated rings. The first-order valence-electron chi connectivity index (χ1n) is 15.8. The van der Waals surface area contributed by atoms with Gasteiger partial charge in [-0.1, -0.05) is 110 Å². The zero-order chi connectivity index (χ0) is 28.4. The predicted octanol–water partition coefficient (Wildman–Crippen LogP) is 7.98. The van der Waals surface area contributed by atoms with E-state index in [1.807, 2.05) is 0 Å². The summed E-state index contributed by atoms with van der Waals surface area (Å²) < 4.78 is 10.9. The van der Waals surface area contributed by atoms with Crippen LogP contribution >= 0.6 is 16.4 Å². The normalized spacial score (nSPS) is 18.1. The Labute approximate surface area is 243 Å². The average molecular weight is 571 g/mol. The van der Waals surface area contributed by atoms with E-state index in [0.29, 0.717) is 11.8 Å². The summed E-state index contributed by atoms with van der Waals surface area (Å²) >= 11 is 0. The Morgan fingerprint density at radius 3 is 1.05 bits per heavy atom. The number of rotatable bonds is 16. The van der Waals surface area contributed by atoms with Gasteiger partial charge in [-0.05, 0) is 35.8 Å². The largest absolute Gasteiger partial charge is 0.267 e. The number of hydrogen-bond acceptors (Lipinski definition) is 4. The molecule has 0 spiro atoms. The maximum Gasteiger partial charge on any atom is 0.0727 e. The minimum absolute atomic E-state index is 0.505. The van der Waals surface area contributed by atoms with Crippen molar-refractivity contribution in [2.24, 2.45) is 0 Å². The van der Waals surface area contributed by atoms with Crippen molar-refractivity contribution >= 4 is 27.1 Å². The van der Waals surface area contributed by atoms with Crippen LogP contribution in [0.5, 0.6) is 0 Å². The lowest BCUT2D eigenvalue weighted by Gasteiger charge is -2.41. The first-order chi connectivity index (χ1) is 19.0. The fourth-order valence-electron chi connectivity index (χ4n) is 6.60. The van der Waals surface area contributed by atoms with E-state index in [2.05, 4.69) is 123 Å². The summed E-state index contributed by atoms with van der Waals surface area (Å²) in [6, 6.07) is 19.1. The minimum atomic E-state index is -0.505. The van der Waals surface area contributed by atoms with E-state index in [1.165, 1.54) is 19.3 Å². The molecule has 0 aliphatic heterocycles. The van der Waals surface area contributed by atoms with Crippen LogP contribution in [-0.4, -0.2) is 71.0 Å². The molecule has 2 aromatic rings. The van der Waals surface area contributed by atoms with Gasteiger partial charge in [0.05, 0.1) is 16.4 Å². The van der Waals surface area contributed by atoms with Crippen molar-refractivity contribution in [2.75, 3.05) is 52.4 Å². The van der Waals surface area contributed by atoms with Gasteiger partial charge in [0.25, 0.3) is 0 Å². The van der Waals surface area contributed by atoms with Gasteiger partial charge >= 0.3 is 0 Å². The molecule has 0 unspecified atom stereocenters. The molecule has 6 heteroatoms. The van der Waals surface area contributed by atoms with Gasteiger partial charge in [0, 0.05) is 63.0 Å². The van der Waals surface area contributed by atoms with Crippen LogP contribution < -0.4 is 10.6 Å². The van der Waals surface area contributed by atoms with Gasteiger partial charge in [0.2, 0.25) is 0 Å². The number of hydrogen-bond donors (Lipinski definition) is 0. The van der Waals surface area contributed by atoms with Crippen molar-refractivity contribution in [2.45, 2.75) is 86.5 Å². The second-order valence-corrected chi connectivity index (χ2v) is 14.8. The summed E-state index contributed by atoms with van der Waals surface area (Å²) in [6.45, 7) is 27.5. The van der Waals surface area contributed by atoms with Crippen molar-refractivity contribution < 1.29 is 0 Å². The Hall–Kier alpha value is -0.860. The lowest BCUT2D eigenvalue weighted by Crippen LogP contribution is -2.36. The van der Waals surface area contributed by atoms with Gasteiger partial charge in [-0.25, -0.2) is 0 Å². The van der Waals surface area contributed by atoms with Crippen molar-refractivity contribution in [3.8, 4) is 0 Å². The molecular formula is C33H56N4P2. The molecule has 4 nitrogen and oxygen atoms in total. The van der Waals surface area contributed by atoms with E-state index < -0.39 is 16.4 Å². The molecule has 1 aliphatic carbocycles. The van der Waals surface area contributed by atoms with Crippen LogP contribution in [0.2, 0.25) is 0 Å². The summed E-state index contributed by atoms with van der Waals surface area (Å²) in [5.41, 5.74) is 3.24. The highest BCUT2D eigenvalue weighted by atomic mass is 31.1. The lowest BCUT2D eigenvalue weighted by atomic mass is 9.84. The summed E-state index contributed by atoms with van der Waals surface area (Å²) in [4.78, 5) is 0. The Kier molecular flexibility index (Phi) is 13.9. The smallest absolute Gasteiger partial charge is 0.0727 e. The quantitative estimate of drug-likeness (QED) is 0.190. The number of nitrogens with zero attached hydrogens (tertiary/aromatic N) is 4. The first-order valence-corrected chi connectivity index (χ1v) is 18.3. The van der Waals surface area contributed by atoms with E-state index in [4.69, 9.17) is 0 Å². The van der Waals surface area contributed by atoms with Crippen LogP contribution in [0.3, 0.4) is 0 Å². The fourth-order valence-corrected chi connectivity index (χ4v) is 12.1. The third kappa shape index (κ3) is 7.32. The van der Waals surface area contributed by atoms with Crippen molar-refractivity contribution in [1.29, 1.82) is 0 Å². The summed E-state index contributed by atoms with van der Waals surface area (Å²) in [6.07, 6.45) is 3.91. The maximum absolute atomic E-state index is 2.72. The van der Waals surface area contributed by atoms with Crippen molar-refractivity contribution in [3.63, 3.8) is 0 Å². The lowest BCUT2D eigenvalue weighted by molar-refractivity contribution is 0.429. The highest BCUT2D eigenvalue weighted by molar-refractivity contribution is 7.61. The van der Waals surface area contributed by atoms with E-state index in [-0.39, 0.29) is 0 Å². The first kappa shape index (κ1) is 32.7. The molecule has 0 bridgehead atoms. The Morgan fingerprint density at radius 1 is 0.487 bits per heavy atom. The van der Waals surface area contributed by atoms with E-state index in [0.717, 1.165) is 52.4 Å². The molecule has 0 aromatic heterocycles. The number of benzene rings is 2. The van der Waals surface area contributed by atoms with Crippen molar-refractivity contribution in [3.05, 3.63) is 59.7 Å². The predicted molar refractivity (Wildman–Crippen MR) is 177 cm³/mol. The van der Waals surface area contributed by atoms with Crippen LogP contribution in [0.15, 0.2) is 48.5 Å². The zero-order valence-electron chi connectivity index (χ0n) is 26.2. The average Bonchev–Trinajstić information content (AvgIpc) is 3.47. The van der Waals surface area contributed by atoms with Gasteiger partial charge in [-0.2, -0.15) is 0 Å². The van der Waals surface area contributed by atoms with Crippen molar-refractivity contribution in [1.82, 2.24) is 18.7 Å². The van der Waals surface area contributed by atoms with Gasteiger partial charge in [-0.15, -0.1) is 0 Å². The second kappa shape index (κ2) is 16.5. The second-order valence-electron chi connectivity index (χ2n) is 10.4. The van der Waals surface area contributed by atoms with Gasteiger partial charge in [0.1, 0.15) is 0 Å². The van der Waals surface area contributed by atoms with Crippen LogP contribution in [0.4, 0.5) is 0 Å². The zero-order valence-corrected chi connectivity index (χ0v) is 28.0. The summed E-state index contributed by atoms with van der Waals surface area (Å²) in [5, 5.41) is 3.20. The third-order valence-corrected chi connectivity index (χ3v) is 14.7. The Bertz CT molecular complexity index is 868. The van der Waals surface area contributed by atoms with E-state index in [9.17, 15) is 0 Å². The van der Waals surface area contributed by atoms with Gasteiger partial charge < -0.3 is 0 Å². The SMILES string of the molecule is CCN(CC)P(c1ccccc1[C@H]1CCC[C@H]1c1ccccc1P(N(CC)CC)N(CC)CC)N(CC)CC. The minimum Gasteiger partial charge on any atom is -0.267 e. The summed E-state index contributed by atoms with van der Waals surface area (Å²) in [7, 11) is -1.01. The molecule has 0 heterocycles. The highest BCUT2D eigenvalue weighted by Crippen LogP contribution is 2.52. The molecular weight excluding hydrogens is 514 g/mol. The summed E-state index contributed by atoms with van der Waals surface area (Å²) in [5.74, 6) is 1.17. The van der Waals surface area contributed by atoms with Gasteiger partial charge in [-0.3, -0.25) is 18.7 Å². The van der Waals surface area contributed by atoms with Crippen LogP contribution in [0, 0.1) is 0 Å². The fraction of sp³-hybridized carbons (Fsp3) is 0.636. The van der Waals surface area contributed by atoms with Crippen LogP contribution in [0.1, 0.15) is 97.6 Å². The monoisotopic (exact) mass is 570 g/mol. The van der Waals surface area contributed by atoms with E-state index >= 15 is 0 Å². The Balaban J connectivity index is 2.13. The molecule has 39 heavy (non-hydrogen) atoms. The molecule has 0 amide bonds.